The summed E-state index contributed by atoms with van der Waals surface area (Å²) in [7, 11) is 0. The van der Waals surface area contributed by atoms with Crippen molar-refractivity contribution in [2.24, 2.45) is 0 Å². The highest BCUT2D eigenvalue weighted by Crippen LogP contribution is 2.38. The monoisotopic (exact) mass is 451 g/mol. The first kappa shape index (κ1) is 19.3. The Kier molecular flexibility index (Phi) is 5.38. The minimum atomic E-state index is -2.87. The van der Waals surface area contributed by atoms with Gasteiger partial charge in [0.1, 0.15) is 11.4 Å². The molecular weight excluding hydrogens is 430 g/mol. The zero-order valence-electron chi connectivity index (χ0n) is 15.3. The molecule has 0 fully saturated rings. The Labute approximate surface area is 171 Å². The third-order valence-electron chi connectivity index (χ3n) is 5.36. The van der Waals surface area contributed by atoms with Crippen LogP contribution >= 0.6 is 15.9 Å². The van der Waals surface area contributed by atoms with Crippen molar-refractivity contribution >= 4 is 27.5 Å². The van der Waals surface area contributed by atoms with Gasteiger partial charge in [0.2, 0.25) is 0 Å². The summed E-state index contributed by atoms with van der Waals surface area (Å²) < 4.78 is 32.6. The van der Waals surface area contributed by atoms with Crippen molar-refractivity contribution in [1.29, 1.82) is 0 Å². The van der Waals surface area contributed by atoms with Crippen LogP contribution in [-0.2, 0) is 5.72 Å². The van der Waals surface area contributed by atoms with Gasteiger partial charge >= 0.3 is 6.61 Å². The van der Waals surface area contributed by atoms with Gasteiger partial charge in [-0.25, -0.2) is 0 Å². The van der Waals surface area contributed by atoms with Gasteiger partial charge in [0.05, 0.1) is 6.54 Å². The third-order valence-corrected chi connectivity index (χ3v) is 5.89. The fourth-order valence-corrected chi connectivity index (χ4v) is 4.36. The predicted octanol–water partition coefficient (Wildman–Crippen LogP) is 4.70. The first-order chi connectivity index (χ1) is 13.5. The molecule has 2 aromatic rings. The molecule has 0 amide bonds. The number of hydrogen-bond acceptors (Lipinski definition) is 3. The van der Waals surface area contributed by atoms with Gasteiger partial charge in [-0.05, 0) is 67.8 Å². The van der Waals surface area contributed by atoms with Crippen molar-refractivity contribution in [2.75, 3.05) is 18.0 Å². The average Bonchev–Trinajstić information content (AvgIpc) is 2.79. The molecule has 2 aromatic carbocycles. The van der Waals surface area contributed by atoms with Crippen molar-refractivity contribution < 1.29 is 23.2 Å². The van der Waals surface area contributed by atoms with E-state index in [1.54, 1.807) is 12.1 Å². The maximum Gasteiger partial charge on any atom is 0.387 e. The molecule has 28 heavy (non-hydrogen) atoms. The number of alkyl halides is 2. The lowest BCUT2D eigenvalue weighted by molar-refractivity contribution is -0.534. The Morgan fingerprint density at radius 1 is 1.04 bits per heavy atom. The molecule has 2 aliphatic heterocycles. The highest BCUT2D eigenvalue weighted by molar-refractivity contribution is 9.10. The van der Waals surface area contributed by atoms with E-state index in [0.29, 0.717) is 12.1 Å². The standard InChI is InChI=1S/C21H22BrF2N2O2/c22-16-7-9-17(10-8-16)26-19-4-2-1-3-13-25(19)14-21(26,27)15-5-11-18(12-6-15)28-20(23)24/h5-12,20,27H,1-4,13-14H2/q+1. The summed E-state index contributed by atoms with van der Waals surface area (Å²) in [6.07, 6.45) is 4.24. The number of halogens is 3. The summed E-state index contributed by atoms with van der Waals surface area (Å²) in [5.41, 5.74) is 0.278. The highest BCUT2D eigenvalue weighted by Gasteiger charge is 2.54. The number of hydrogen-bond donors (Lipinski definition) is 1. The molecule has 2 aliphatic rings. The van der Waals surface area contributed by atoms with Gasteiger partial charge in [-0.15, -0.1) is 0 Å². The molecule has 0 saturated heterocycles. The molecule has 0 aliphatic carbocycles. The molecule has 1 atom stereocenters. The molecule has 0 bridgehead atoms. The van der Waals surface area contributed by atoms with Crippen molar-refractivity contribution in [3.05, 3.63) is 58.6 Å². The molecule has 148 valence electrons. The molecule has 4 rings (SSSR count). The van der Waals surface area contributed by atoms with E-state index in [9.17, 15) is 13.9 Å². The van der Waals surface area contributed by atoms with Crippen LogP contribution in [0.1, 0.15) is 31.2 Å². The molecule has 1 N–H and O–H groups in total. The average molecular weight is 452 g/mol. The normalized spacial score (nSPS) is 22.4. The van der Waals surface area contributed by atoms with E-state index in [1.165, 1.54) is 18.6 Å². The smallest absolute Gasteiger partial charge is 0.387 e. The second-order valence-corrected chi connectivity index (χ2v) is 8.10. The number of anilines is 1. The number of amidine groups is 1. The minimum absolute atomic E-state index is 0.0812. The molecular formula is C21H22BrF2N2O2+. The van der Waals surface area contributed by atoms with Crippen LogP contribution in [-0.4, -0.2) is 35.2 Å². The van der Waals surface area contributed by atoms with Crippen molar-refractivity contribution in [1.82, 2.24) is 0 Å². The van der Waals surface area contributed by atoms with Crippen molar-refractivity contribution in [3.8, 4) is 5.75 Å². The SMILES string of the molecule is OC1(c2ccc(OC(F)F)cc2)C[N+]2=C(CCCCC2)N1c1ccc(Br)cc1. The van der Waals surface area contributed by atoms with E-state index >= 15 is 0 Å². The summed E-state index contributed by atoms with van der Waals surface area (Å²) in [6.45, 7) is -1.53. The lowest BCUT2D eigenvalue weighted by Crippen LogP contribution is -2.47. The first-order valence-corrected chi connectivity index (χ1v) is 10.2. The lowest BCUT2D eigenvalue weighted by atomic mass is 9.99. The molecule has 1 unspecified atom stereocenters. The summed E-state index contributed by atoms with van der Waals surface area (Å²) >= 11 is 3.46. The second-order valence-electron chi connectivity index (χ2n) is 7.18. The zero-order chi connectivity index (χ0) is 19.7. The lowest BCUT2D eigenvalue weighted by Gasteiger charge is -2.29. The van der Waals surface area contributed by atoms with E-state index < -0.39 is 12.3 Å². The van der Waals surface area contributed by atoms with Crippen molar-refractivity contribution in [3.63, 3.8) is 0 Å². The number of nitrogens with zero attached hydrogens (tertiary/aromatic N) is 2. The summed E-state index contributed by atoms with van der Waals surface area (Å²) in [5.74, 6) is 1.19. The fourth-order valence-electron chi connectivity index (χ4n) is 4.10. The largest absolute Gasteiger partial charge is 0.435 e. The summed E-state index contributed by atoms with van der Waals surface area (Å²) in [6, 6.07) is 14.1. The van der Waals surface area contributed by atoms with Crippen LogP contribution in [0.4, 0.5) is 14.5 Å². The second kappa shape index (κ2) is 7.79. The number of aliphatic hydroxyl groups is 1. The number of ether oxygens (including phenoxy) is 1. The maximum absolute atomic E-state index is 12.5. The Hall–Kier alpha value is -1.99. The number of benzene rings is 2. The molecule has 0 aromatic heterocycles. The van der Waals surface area contributed by atoms with Gasteiger partial charge in [-0.3, -0.25) is 4.58 Å². The van der Waals surface area contributed by atoms with Gasteiger partial charge in [0.25, 0.3) is 11.6 Å². The Morgan fingerprint density at radius 3 is 2.43 bits per heavy atom. The minimum Gasteiger partial charge on any atom is -0.435 e. The van der Waals surface area contributed by atoms with Gasteiger partial charge in [-0.1, -0.05) is 15.9 Å². The highest BCUT2D eigenvalue weighted by atomic mass is 79.9. The molecule has 2 heterocycles. The van der Waals surface area contributed by atoms with Crippen LogP contribution in [0.3, 0.4) is 0 Å². The third kappa shape index (κ3) is 3.65. The van der Waals surface area contributed by atoms with Gasteiger partial charge in [0, 0.05) is 16.5 Å². The Bertz CT molecular complexity index is 871. The van der Waals surface area contributed by atoms with Crippen molar-refractivity contribution in [2.45, 2.75) is 38.0 Å². The summed E-state index contributed by atoms with van der Waals surface area (Å²) in [5, 5.41) is 11.8. The van der Waals surface area contributed by atoms with Crippen LogP contribution < -0.4 is 9.64 Å². The quantitative estimate of drug-likeness (QED) is 0.684. The van der Waals surface area contributed by atoms with Crippen LogP contribution in [0.2, 0.25) is 0 Å². The number of rotatable bonds is 4. The Balaban J connectivity index is 1.74. The van der Waals surface area contributed by atoms with Gasteiger partial charge < -0.3 is 9.84 Å². The molecule has 0 radical (unpaired) electrons. The van der Waals surface area contributed by atoms with Crippen LogP contribution in [0.5, 0.6) is 5.75 Å². The van der Waals surface area contributed by atoms with Gasteiger partial charge in [-0.2, -0.15) is 13.7 Å². The zero-order valence-corrected chi connectivity index (χ0v) is 16.9. The van der Waals surface area contributed by atoms with E-state index in [2.05, 4.69) is 25.2 Å². The maximum atomic E-state index is 12.5. The first-order valence-electron chi connectivity index (χ1n) is 9.42. The van der Waals surface area contributed by atoms with E-state index in [0.717, 1.165) is 41.8 Å². The summed E-state index contributed by atoms with van der Waals surface area (Å²) in [4.78, 5) is 1.99. The Morgan fingerprint density at radius 2 is 1.75 bits per heavy atom. The molecule has 0 saturated carbocycles. The topological polar surface area (TPSA) is 35.7 Å². The van der Waals surface area contributed by atoms with Crippen LogP contribution in [0.15, 0.2) is 53.0 Å². The van der Waals surface area contributed by atoms with Crippen LogP contribution in [0, 0.1) is 0 Å². The molecule has 7 heteroatoms. The fraction of sp³-hybridized carbons (Fsp3) is 0.381. The van der Waals surface area contributed by atoms with Crippen LogP contribution in [0.25, 0.3) is 0 Å². The van der Waals surface area contributed by atoms with Gasteiger partial charge in [0.15, 0.2) is 6.54 Å². The predicted molar refractivity (Wildman–Crippen MR) is 107 cm³/mol. The van der Waals surface area contributed by atoms with E-state index in [4.69, 9.17) is 0 Å². The molecule has 4 nitrogen and oxygen atoms in total. The van der Waals surface area contributed by atoms with E-state index in [1.807, 2.05) is 29.2 Å². The molecule has 0 spiro atoms. The van der Waals surface area contributed by atoms with E-state index in [-0.39, 0.29) is 5.75 Å².